The summed E-state index contributed by atoms with van der Waals surface area (Å²) in [6, 6.07) is 10.6. The quantitative estimate of drug-likeness (QED) is 0.321. The van der Waals surface area contributed by atoms with Crippen LogP contribution < -0.4 is 15.8 Å². The Morgan fingerprint density at radius 3 is 2.75 bits per heavy atom. The van der Waals surface area contributed by atoms with Crippen molar-refractivity contribution in [1.82, 2.24) is 25.3 Å². The van der Waals surface area contributed by atoms with Crippen LogP contribution in [0.4, 0.5) is 4.39 Å². The van der Waals surface area contributed by atoms with Gasteiger partial charge >= 0.3 is 0 Å². The Kier molecular flexibility index (Phi) is 5.44. The maximum atomic E-state index is 13.6. The van der Waals surface area contributed by atoms with E-state index < -0.39 is 28.6 Å². The Balaban J connectivity index is 0.00000320. The van der Waals surface area contributed by atoms with E-state index in [0.29, 0.717) is 33.7 Å². The number of aromatic amines is 1. The fourth-order valence-corrected chi connectivity index (χ4v) is 4.05. The van der Waals surface area contributed by atoms with E-state index in [1.165, 1.54) is 31.2 Å². The zero-order valence-electron chi connectivity index (χ0n) is 19.5. The van der Waals surface area contributed by atoms with Crippen LogP contribution in [0.1, 0.15) is 37.2 Å². The number of fused-ring (bicyclic) bond motifs is 2. The highest BCUT2D eigenvalue weighted by atomic mass is 19.1. The molecule has 0 spiro atoms. The van der Waals surface area contributed by atoms with E-state index in [1.807, 2.05) is 0 Å². The number of rotatable bonds is 6. The van der Waals surface area contributed by atoms with Crippen molar-refractivity contribution in [1.29, 1.82) is 0 Å². The molecule has 5 N–H and O–H groups in total. The third kappa shape index (κ3) is 3.93. The summed E-state index contributed by atoms with van der Waals surface area (Å²) in [6.45, 7) is 2.90. The van der Waals surface area contributed by atoms with Crippen molar-refractivity contribution in [2.24, 2.45) is 5.73 Å². The SMILES string of the molecule is C[C@](O)(CNC(=O)c1nc2ncccc2[nH]1)c1cc2c(c(-c3ccc(F)cc3)n1)OC[C@]2(C)C(N)=O.[HH]. The molecule has 0 bridgehead atoms. The number of nitrogens with two attached hydrogens (primary N) is 1. The monoisotopic (exact) mass is 492 g/mol. The minimum absolute atomic E-state index is 0. The lowest BCUT2D eigenvalue weighted by atomic mass is 9.82. The number of nitrogens with zero attached hydrogens (tertiary/aromatic N) is 3. The van der Waals surface area contributed by atoms with Gasteiger partial charge in [0.1, 0.15) is 34.9 Å². The van der Waals surface area contributed by atoms with Crippen LogP contribution in [0.15, 0.2) is 48.7 Å². The van der Waals surface area contributed by atoms with Crippen LogP contribution in [0.5, 0.6) is 5.75 Å². The van der Waals surface area contributed by atoms with E-state index in [1.54, 1.807) is 31.3 Å². The number of imidazole rings is 1. The predicted octanol–water partition coefficient (Wildman–Crippen LogP) is 2.18. The van der Waals surface area contributed by atoms with E-state index >= 15 is 0 Å². The number of carbonyl (C=O) groups excluding carboxylic acids is 2. The maximum Gasteiger partial charge on any atom is 0.287 e. The van der Waals surface area contributed by atoms with Gasteiger partial charge in [0.2, 0.25) is 5.91 Å². The average Bonchev–Trinajstić information content (AvgIpc) is 3.45. The molecule has 0 unspecified atom stereocenters. The standard InChI is InChI=1S/C25H23FN6O4.H2/c1-24(23(27)34)12-36-19-15(24)10-17(31-18(19)13-5-7-14(26)8-6-13)25(2,35)11-29-22(33)21-30-16-4-3-9-28-20(16)32-21;/h3-10,35H,11-12H2,1-2H3,(H2,27,34)(H,29,33)(H,28,30,32);1H/t24-,25-;/m0./s1. The first kappa shape index (κ1) is 23.4. The van der Waals surface area contributed by atoms with Gasteiger partial charge in [-0.25, -0.2) is 19.3 Å². The lowest BCUT2D eigenvalue weighted by Crippen LogP contribution is -2.41. The molecule has 4 aromatic rings. The topological polar surface area (TPSA) is 156 Å². The van der Waals surface area contributed by atoms with E-state index in [0.717, 1.165) is 0 Å². The van der Waals surface area contributed by atoms with Crippen molar-refractivity contribution >= 4 is 23.0 Å². The highest BCUT2D eigenvalue weighted by molar-refractivity contribution is 5.93. The van der Waals surface area contributed by atoms with Gasteiger partial charge in [0.25, 0.3) is 5.91 Å². The van der Waals surface area contributed by atoms with E-state index in [2.05, 4.69) is 25.3 Å². The first-order valence-corrected chi connectivity index (χ1v) is 11.1. The molecule has 1 aliphatic rings. The van der Waals surface area contributed by atoms with Gasteiger partial charge < -0.3 is 25.9 Å². The number of amides is 2. The van der Waals surface area contributed by atoms with E-state index in [-0.39, 0.29) is 26.1 Å². The third-order valence-corrected chi connectivity index (χ3v) is 6.35. The highest BCUT2D eigenvalue weighted by Crippen LogP contribution is 2.45. The minimum atomic E-state index is -1.66. The number of halogens is 1. The predicted molar refractivity (Wildman–Crippen MR) is 130 cm³/mol. The normalized spacial score (nSPS) is 18.3. The van der Waals surface area contributed by atoms with Crippen LogP contribution in [0.2, 0.25) is 0 Å². The van der Waals surface area contributed by atoms with Crippen LogP contribution >= 0.6 is 0 Å². The van der Waals surface area contributed by atoms with Crippen molar-refractivity contribution in [2.75, 3.05) is 13.2 Å². The number of nitrogens with one attached hydrogen (secondary N) is 2. The Morgan fingerprint density at radius 2 is 2.06 bits per heavy atom. The van der Waals surface area contributed by atoms with Gasteiger partial charge in [-0.2, -0.15) is 0 Å². The fraction of sp³-hybridized carbons (Fsp3) is 0.240. The lowest BCUT2D eigenvalue weighted by molar-refractivity contribution is -0.123. The zero-order valence-corrected chi connectivity index (χ0v) is 19.5. The van der Waals surface area contributed by atoms with E-state index in [4.69, 9.17) is 10.5 Å². The molecule has 0 saturated heterocycles. The number of ether oxygens (including phenoxy) is 1. The summed E-state index contributed by atoms with van der Waals surface area (Å²) >= 11 is 0. The molecule has 186 valence electrons. The van der Waals surface area contributed by atoms with Gasteiger partial charge in [-0.05, 0) is 56.3 Å². The Hall–Kier alpha value is -4.38. The Bertz CT molecular complexity index is 1470. The number of aliphatic hydroxyl groups is 1. The summed E-state index contributed by atoms with van der Waals surface area (Å²) in [5, 5.41) is 14.0. The first-order valence-electron chi connectivity index (χ1n) is 11.1. The molecule has 11 heteroatoms. The molecule has 1 aromatic carbocycles. The molecule has 3 aromatic heterocycles. The van der Waals surface area contributed by atoms with Crippen LogP contribution in [0, 0.1) is 5.82 Å². The molecule has 0 fully saturated rings. The third-order valence-electron chi connectivity index (χ3n) is 6.35. The van der Waals surface area contributed by atoms with Crippen molar-refractivity contribution < 1.29 is 25.2 Å². The smallest absolute Gasteiger partial charge is 0.287 e. The number of aromatic nitrogens is 4. The van der Waals surface area contributed by atoms with Crippen LogP contribution in [-0.4, -0.2) is 50.0 Å². The average molecular weight is 493 g/mol. The number of hydrogen-bond donors (Lipinski definition) is 4. The summed E-state index contributed by atoms with van der Waals surface area (Å²) in [7, 11) is 0. The maximum absolute atomic E-state index is 13.6. The summed E-state index contributed by atoms with van der Waals surface area (Å²) in [5.74, 6) is -1.19. The van der Waals surface area contributed by atoms with Gasteiger partial charge in [-0.15, -0.1) is 0 Å². The largest absolute Gasteiger partial charge is 0.489 e. The number of hydrogen-bond acceptors (Lipinski definition) is 7. The molecule has 2 amide bonds. The second-order valence-corrected chi connectivity index (χ2v) is 9.14. The minimum Gasteiger partial charge on any atom is -0.489 e. The highest BCUT2D eigenvalue weighted by Gasteiger charge is 2.45. The molecule has 0 radical (unpaired) electrons. The van der Waals surface area contributed by atoms with Crippen molar-refractivity contribution in [3.63, 3.8) is 0 Å². The second kappa shape index (κ2) is 8.38. The summed E-state index contributed by atoms with van der Waals surface area (Å²) in [6.07, 6.45) is 1.57. The molecule has 1 aliphatic heterocycles. The number of primary amides is 1. The Labute approximate surface area is 206 Å². The van der Waals surface area contributed by atoms with Gasteiger partial charge in [-0.3, -0.25) is 9.59 Å². The first-order chi connectivity index (χ1) is 17.1. The molecule has 0 saturated carbocycles. The summed E-state index contributed by atoms with van der Waals surface area (Å²) in [4.78, 5) is 40.8. The lowest BCUT2D eigenvalue weighted by Gasteiger charge is -2.26. The van der Waals surface area contributed by atoms with Crippen LogP contribution in [-0.2, 0) is 15.8 Å². The fourth-order valence-electron chi connectivity index (χ4n) is 4.05. The van der Waals surface area contributed by atoms with Crippen LogP contribution in [0.3, 0.4) is 0 Å². The molecule has 2 atom stereocenters. The summed E-state index contributed by atoms with van der Waals surface area (Å²) < 4.78 is 19.4. The van der Waals surface area contributed by atoms with Crippen molar-refractivity contribution in [2.45, 2.75) is 24.9 Å². The van der Waals surface area contributed by atoms with Gasteiger partial charge in [0.15, 0.2) is 11.5 Å². The molecule has 10 nitrogen and oxygen atoms in total. The van der Waals surface area contributed by atoms with Crippen molar-refractivity contribution in [3.8, 4) is 17.0 Å². The molecule has 36 heavy (non-hydrogen) atoms. The Morgan fingerprint density at radius 1 is 1.31 bits per heavy atom. The van der Waals surface area contributed by atoms with Gasteiger partial charge in [0.05, 0.1) is 17.8 Å². The number of benzene rings is 1. The molecular formula is C25H25FN6O4. The summed E-state index contributed by atoms with van der Waals surface area (Å²) in [5.41, 5.74) is 5.33. The molecular weight excluding hydrogens is 467 g/mol. The van der Waals surface area contributed by atoms with E-state index in [9.17, 15) is 19.1 Å². The van der Waals surface area contributed by atoms with Crippen LogP contribution in [0.25, 0.3) is 22.4 Å². The number of H-pyrrole nitrogens is 1. The zero-order chi connectivity index (χ0) is 25.7. The number of carbonyl (C=O) groups is 2. The molecule has 0 aliphatic carbocycles. The van der Waals surface area contributed by atoms with Gasteiger partial charge in [0, 0.05) is 18.8 Å². The second-order valence-electron chi connectivity index (χ2n) is 9.14. The van der Waals surface area contributed by atoms with Gasteiger partial charge in [-0.1, -0.05) is 0 Å². The number of pyridine rings is 2. The molecule has 5 rings (SSSR count). The van der Waals surface area contributed by atoms with Crippen molar-refractivity contribution in [3.05, 3.63) is 71.6 Å². The molecule has 4 heterocycles.